The van der Waals surface area contributed by atoms with Crippen LogP contribution < -0.4 is 26.7 Å². The molecule has 2 heterocycles. The summed E-state index contributed by atoms with van der Waals surface area (Å²) in [5, 5.41) is 6.35. The fourth-order valence-corrected chi connectivity index (χ4v) is 3.86. The maximum absolute atomic E-state index is 13.0. The average molecular weight is 486 g/mol. The van der Waals surface area contributed by atoms with Crippen LogP contribution in [0.1, 0.15) is 44.3 Å². The lowest BCUT2D eigenvalue weighted by molar-refractivity contribution is 0.0934. The van der Waals surface area contributed by atoms with E-state index in [1.165, 1.54) is 19.4 Å². The predicted molar refractivity (Wildman–Crippen MR) is 138 cm³/mol. The molecule has 0 saturated carbocycles. The van der Waals surface area contributed by atoms with Gasteiger partial charge in [-0.1, -0.05) is 36.4 Å². The zero-order chi connectivity index (χ0) is 25.7. The number of rotatable bonds is 8. The number of carbonyl (C=O) groups excluding carboxylic acids is 2. The number of aryl methyl sites for hydroxylation is 1. The summed E-state index contributed by atoms with van der Waals surface area (Å²) in [7, 11) is 1.48. The molecular formula is C27H27N5O4. The molecular weight excluding hydrogens is 458 g/mol. The van der Waals surface area contributed by atoms with E-state index in [1.54, 1.807) is 31.2 Å². The number of nitrogens with two attached hydrogens (primary N) is 1. The van der Waals surface area contributed by atoms with Crippen molar-refractivity contribution >= 4 is 28.4 Å². The molecule has 0 bridgehead atoms. The number of methoxy groups -OCH3 is 1. The summed E-state index contributed by atoms with van der Waals surface area (Å²) in [5.41, 5.74) is 8.14. The summed E-state index contributed by atoms with van der Waals surface area (Å²) in [6.45, 7) is 2.22. The Kier molecular flexibility index (Phi) is 7.41. The normalized spacial score (nSPS) is 11.6. The van der Waals surface area contributed by atoms with E-state index < -0.39 is 11.5 Å². The molecule has 36 heavy (non-hydrogen) atoms. The van der Waals surface area contributed by atoms with E-state index in [4.69, 9.17) is 10.5 Å². The van der Waals surface area contributed by atoms with Crippen molar-refractivity contribution in [3.8, 4) is 5.88 Å². The quantitative estimate of drug-likeness (QED) is 0.302. The summed E-state index contributed by atoms with van der Waals surface area (Å²) in [6.07, 6.45) is 2.10. The monoisotopic (exact) mass is 485 g/mol. The molecule has 0 aliphatic carbocycles. The van der Waals surface area contributed by atoms with Crippen molar-refractivity contribution in [1.29, 1.82) is 0 Å². The van der Waals surface area contributed by atoms with Gasteiger partial charge in [0.05, 0.1) is 18.7 Å². The Morgan fingerprint density at radius 3 is 2.58 bits per heavy atom. The number of aromatic amines is 1. The molecule has 2 aromatic carbocycles. The Bertz CT molecular complexity index is 1470. The fraction of sp³-hybridized carbons (Fsp3) is 0.185. The van der Waals surface area contributed by atoms with Crippen molar-refractivity contribution < 1.29 is 14.3 Å². The molecule has 4 rings (SSSR count). The lowest BCUT2D eigenvalue weighted by Crippen LogP contribution is -2.30. The van der Waals surface area contributed by atoms with Gasteiger partial charge in [0.2, 0.25) is 5.88 Å². The number of anilines is 1. The third-order valence-corrected chi connectivity index (χ3v) is 5.87. The van der Waals surface area contributed by atoms with Crippen LogP contribution >= 0.6 is 0 Å². The average Bonchev–Trinajstić information content (AvgIpc) is 2.89. The number of hydrogen-bond acceptors (Lipinski definition) is 6. The van der Waals surface area contributed by atoms with Gasteiger partial charge in [-0.15, -0.1) is 0 Å². The number of hydrogen-bond donors (Lipinski definition) is 4. The first-order chi connectivity index (χ1) is 17.4. The first-order valence-electron chi connectivity index (χ1n) is 11.4. The highest BCUT2D eigenvalue weighted by atomic mass is 16.5. The molecule has 0 aliphatic heterocycles. The van der Waals surface area contributed by atoms with Gasteiger partial charge in [-0.25, -0.2) is 4.98 Å². The van der Waals surface area contributed by atoms with E-state index in [-0.39, 0.29) is 17.5 Å². The van der Waals surface area contributed by atoms with Crippen LogP contribution in [0.15, 0.2) is 71.7 Å². The molecule has 0 radical (unpaired) electrons. The van der Waals surface area contributed by atoms with Crippen molar-refractivity contribution in [3.05, 3.63) is 99.5 Å². The van der Waals surface area contributed by atoms with Crippen LogP contribution in [0, 0.1) is 6.92 Å². The maximum atomic E-state index is 13.0. The highest BCUT2D eigenvalue weighted by molar-refractivity contribution is 6.06. The second-order valence-electron chi connectivity index (χ2n) is 8.32. The van der Waals surface area contributed by atoms with Crippen LogP contribution in [-0.4, -0.2) is 35.4 Å². The highest BCUT2D eigenvalue weighted by Crippen LogP contribution is 2.21. The van der Waals surface area contributed by atoms with Crippen LogP contribution in [0.2, 0.25) is 0 Å². The molecule has 184 valence electrons. The summed E-state index contributed by atoms with van der Waals surface area (Å²) < 4.78 is 5.07. The van der Waals surface area contributed by atoms with Gasteiger partial charge < -0.3 is 26.1 Å². The number of aromatic nitrogens is 2. The number of H-pyrrole nitrogens is 1. The largest absolute Gasteiger partial charge is 0.481 e. The molecule has 2 aromatic heterocycles. The van der Waals surface area contributed by atoms with E-state index in [0.29, 0.717) is 41.0 Å². The smallest absolute Gasteiger partial charge is 0.261 e. The third kappa shape index (κ3) is 5.42. The molecule has 0 saturated heterocycles. The molecule has 5 N–H and O–H groups in total. The van der Waals surface area contributed by atoms with E-state index in [0.717, 1.165) is 11.1 Å². The molecule has 0 fully saturated rings. The molecule has 0 spiro atoms. The first kappa shape index (κ1) is 24.6. The van der Waals surface area contributed by atoms with Crippen LogP contribution in [-0.2, 0) is 0 Å². The van der Waals surface area contributed by atoms with Gasteiger partial charge in [0.1, 0.15) is 5.56 Å². The number of amides is 2. The first-order valence-corrected chi connectivity index (χ1v) is 11.4. The SMILES string of the molecule is COc1cc2[nH]c(=O)c(C(=O)Nc3cc(C(=O)NC(CCN)c4ccccc4)ccc3C)cc2cn1. The number of ether oxygens (including phenoxy) is 1. The zero-order valence-corrected chi connectivity index (χ0v) is 20.0. The number of nitrogens with one attached hydrogen (secondary N) is 3. The Morgan fingerprint density at radius 1 is 1.08 bits per heavy atom. The summed E-state index contributed by atoms with van der Waals surface area (Å²) in [5.74, 6) is -0.543. The van der Waals surface area contributed by atoms with Gasteiger partial charge in [-0.05, 0) is 49.2 Å². The second-order valence-corrected chi connectivity index (χ2v) is 8.32. The number of carbonyl (C=O) groups is 2. The Labute approximate surface area is 207 Å². The van der Waals surface area contributed by atoms with Crippen LogP contribution in [0.25, 0.3) is 10.9 Å². The van der Waals surface area contributed by atoms with Gasteiger partial charge >= 0.3 is 0 Å². The highest BCUT2D eigenvalue weighted by Gasteiger charge is 2.18. The maximum Gasteiger partial charge on any atom is 0.261 e. The van der Waals surface area contributed by atoms with Gasteiger partial charge in [0.15, 0.2) is 0 Å². The predicted octanol–water partition coefficient (Wildman–Crippen LogP) is 3.31. The Hall–Kier alpha value is -4.50. The van der Waals surface area contributed by atoms with Crippen molar-refractivity contribution in [2.45, 2.75) is 19.4 Å². The summed E-state index contributed by atoms with van der Waals surface area (Å²) in [6, 6.07) is 17.4. The van der Waals surface area contributed by atoms with Gasteiger partial charge in [0.25, 0.3) is 17.4 Å². The summed E-state index contributed by atoms with van der Waals surface area (Å²) in [4.78, 5) is 45.4. The fourth-order valence-electron chi connectivity index (χ4n) is 3.86. The minimum Gasteiger partial charge on any atom is -0.481 e. The topological polar surface area (TPSA) is 139 Å². The van der Waals surface area contributed by atoms with E-state index in [2.05, 4.69) is 20.6 Å². The third-order valence-electron chi connectivity index (χ3n) is 5.87. The molecule has 2 amide bonds. The van der Waals surface area contributed by atoms with Gasteiger partial charge in [-0.3, -0.25) is 14.4 Å². The Balaban J connectivity index is 1.56. The number of benzene rings is 2. The van der Waals surface area contributed by atoms with Crippen molar-refractivity contribution in [3.63, 3.8) is 0 Å². The standard InChI is InChI=1S/C27H27N5O4/c1-16-8-9-18(25(33)30-21(10-11-28)17-6-4-3-5-7-17)13-22(16)31-26(34)20-12-19-15-29-24(36-2)14-23(19)32-27(20)35/h3-9,12-15,21H,10-11,28H2,1-2H3,(H,30,33)(H,31,34)(H,32,35). The lowest BCUT2D eigenvalue weighted by atomic mass is 10.0. The Morgan fingerprint density at radius 2 is 1.86 bits per heavy atom. The molecule has 1 atom stereocenters. The number of pyridine rings is 2. The zero-order valence-electron chi connectivity index (χ0n) is 20.0. The molecule has 9 heteroatoms. The number of nitrogens with zero attached hydrogens (tertiary/aromatic N) is 1. The van der Waals surface area contributed by atoms with Crippen molar-refractivity contribution in [2.75, 3.05) is 19.0 Å². The van der Waals surface area contributed by atoms with E-state index >= 15 is 0 Å². The minimum absolute atomic E-state index is 0.0733. The second kappa shape index (κ2) is 10.8. The van der Waals surface area contributed by atoms with Crippen LogP contribution in [0.5, 0.6) is 5.88 Å². The van der Waals surface area contributed by atoms with E-state index in [9.17, 15) is 14.4 Å². The van der Waals surface area contributed by atoms with Crippen LogP contribution in [0.3, 0.4) is 0 Å². The van der Waals surface area contributed by atoms with E-state index in [1.807, 2.05) is 30.3 Å². The minimum atomic E-state index is -0.597. The van der Waals surface area contributed by atoms with Crippen molar-refractivity contribution in [1.82, 2.24) is 15.3 Å². The molecule has 4 aromatic rings. The molecule has 0 aliphatic rings. The lowest BCUT2D eigenvalue weighted by Gasteiger charge is -2.19. The van der Waals surface area contributed by atoms with Gasteiger partial charge in [0, 0.05) is 28.9 Å². The number of fused-ring (bicyclic) bond motifs is 1. The van der Waals surface area contributed by atoms with Crippen LogP contribution in [0.4, 0.5) is 5.69 Å². The van der Waals surface area contributed by atoms with Gasteiger partial charge in [-0.2, -0.15) is 0 Å². The molecule has 1 unspecified atom stereocenters. The summed E-state index contributed by atoms with van der Waals surface area (Å²) >= 11 is 0. The molecule has 9 nitrogen and oxygen atoms in total. The van der Waals surface area contributed by atoms with Crippen molar-refractivity contribution in [2.24, 2.45) is 5.73 Å².